The zero-order chi connectivity index (χ0) is 23.8. The van der Waals surface area contributed by atoms with Gasteiger partial charge >= 0.3 is 0 Å². The van der Waals surface area contributed by atoms with E-state index in [0.717, 1.165) is 5.56 Å². The van der Waals surface area contributed by atoms with Gasteiger partial charge < -0.3 is 14.8 Å². The minimum atomic E-state index is -0.835. The number of ether oxygens (including phenoxy) is 2. The first kappa shape index (κ1) is 23.3. The highest BCUT2D eigenvalue weighted by molar-refractivity contribution is 6.04. The fraction of sp³-hybridized carbons (Fsp3) is 0.160. The lowest BCUT2D eigenvalue weighted by Gasteiger charge is -2.15. The normalized spacial score (nSPS) is 11.1. The van der Waals surface area contributed by atoms with E-state index < -0.39 is 17.9 Å². The van der Waals surface area contributed by atoms with Gasteiger partial charge in [-0.2, -0.15) is 0 Å². The van der Waals surface area contributed by atoms with Gasteiger partial charge in [0.15, 0.2) is 6.10 Å². The Morgan fingerprint density at radius 1 is 0.788 bits per heavy atom. The van der Waals surface area contributed by atoms with Crippen LogP contribution in [0.1, 0.15) is 33.2 Å². The van der Waals surface area contributed by atoms with E-state index in [1.54, 1.807) is 74.7 Å². The Morgan fingerprint density at radius 3 is 2.09 bits per heavy atom. The van der Waals surface area contributed by atoms with Crippen molar-refractivity contribution in [1.29, 1.82) is 0 Å². The third kappa shape index (κ3) is 6.57. The van der Waals surface area contributed by atoms with Crippen LogP contribution in [0.2, 0.25) is 0 Å². The maximum Gasteiger partial charge on any atom is 0.279 e. The molecule has 3 N–H and O–H groups in total. The highest BCUT2D eigenvalue weighted by atomic mass is 16.5. The molecule has 0 bridgehead atoms. The predicted octanol–water partition coefficient (Wildman–Crippen LogP) is 3.48. The largest absolute Gasteiger partial charge is 0.497 e. The zero-order valence-electron chi connectivity index (χ0n) is 18.5. The number of amides is 3. The highest BCUT2D eigenvalue weighted by Gasteiger charge is 2.16. The first-order valence-electron chi connectivity index (χ1n) is 10.2. The molecule has 8 heteroatoms. The van der Waals surface area contributed by atoms with Gasteiger partial charge in [-0.3, -0.25) is 25.2 Å². The van der Waals surface area contributed by atoms with Crippen LogP contribution in [0.5, 0.6) is 11.5 Å². The molecular weight excluding hydrogens is 422 g/mol. The number of hydrazine groups is 1. The molecule has 0 spiro atoms. The van der Waals surface area contributed by atoms with Crippen LogP contribution < -0.4 is 25.6 Å². The molecule has 0 aliphatic rings. The number of nitrogens with one attached hydrogen (secondary N) is 3. The van der Waals surface area contributed by atoms with Gasteiger partial charge in [0.05, 0.1) is 7.11 Å². The minimum Gasteiger partial charge on any atom is -0.497 e. The summed E-state index contributed by atoms with van der Waals surface area (Å²) in [5.41, 5.74) is 7.08. The predicted molar refractivity (Wildman–Crippen MR) is 124 cm³/mol. The van der Waals surface area contributed by atoms with E-state index in [1.165, 1.54) is 0 Å². The van der Waals surface area contributed by atoms with Gasteiger partial charge in [-0.15, -0.1) is 0 Å². The molecule has 0 radical (unpaired) electrons. The Morgan fingerprint density at radius 2 is 1.45 bits per heavy atom. The first-order chi connectivity index (χ1) is 15.9. The second kappa shape index (κ2) is 10.8. The van der Waals surface area contributed by atoms with E-state index in [1.807, 2.05) is 19.1 Å². The molecule has 3 rings (SSSR count). The fourth-order valence-corrected chi connectivity index (χ4v) is 2.90. The van der Waals surface area contributed by atoms with Crippen molar-refractivity contribution in [2.75, 3.05) is 12.4 Å². The number of carbonyl (C=O) groups is 3. The number of hydrogen-bond acceptors (Lipinski definition) is 5. The number of anilines is 1. The second-order valence-corrected chi connectivity index (χ2v) is 7.28. The summed E-state index contributed by atoms with van der Waals surface area (Å²) in [6, 6.07) is 20.4. The van der Waals surface area contributed by atoms with E-state index in [4.69, 9.17) is 9.47 Å². The van der Waals surface area contributed by atoms with E-state index >= 15 is 0 Å². The lowest BCUT2D eigenvalue weighted by atomic mass is 10.1. The van der Waals surface area contributed by atoms with E-state index in [-0.39, 0.29) is 5.91 Å². The number of carbonyl (C=O) groups excluding carboxylic acids is 3. The average molecular weight is 447 g/mol. The molecule has 0 aliphatic heterocycles. The summed E-state index contributed by atoms with van der Waals surface area (Å²) in [6.07, 6.45) is -0.835. The van der Waals surface area contributed by atoms with Gasteiger partial charge in [-0.05, 0) is 74.5 Å². The van der Waals surface area contributed by atoms with Gasteiger partial charge in [0.2, 0.25) is 0 Å². The first-order valence-corrected chi connectivity index (χ1v) is 10.2. The molecular formula is C25H25N3O5. The molecule has 1 unspecified atom stereocenters. The summed E-state index contributed by atoms with van der Waals surface area (Å²) in [7, 11) is 1.56. The smallest absolute Gasteiger partial charge is 0.279 e. The average Bonchev–Trinajstić information content (AvgIpc) is 2.83. The molecule has 1 atom stereocenters. The van der Waals surface area contributed by atoms with Crippen LogP contribution >= 0.6 is 0 Å². The molecule has 170 valence electrons. The fourth-order valence-electron chi connectivity index (χ4n) is 2.90. The van der Waals surface area contributed by atoms with Crippen LogP contribution in [0, 0.1) is 6.92 Å². The molecule has 0 heterocycles. The van der Waals surface area contributed by atoms with Crippen molar-refractivity contribution in [3.63, 3.8) is 0 Å². The van der Waals surface area contributed by atoms with E-state index in [9.17, 15) is 14.4 Å². The minimum absolute atomic E-state index is 0.242. The van der Waals surface area contributed by atoms with E-state index in [0.29, 0.717) is 28.3 Å². The Labute approximate surface area is 191 Å². The SMILES string of the molecule is COc1ccc(OC(C)C(=O)NNC(=O)c2ccc(NC(=O)c3cccc(C)c3)cc2)cc1. The lowest BCUT2D eigenvalue weighted by molar-refractivity contribution is -0.128. The molecule has 0 saturated carbocycles. The summed E-state index contributed by atoms with van der Waals surface area (Å²) in [5.74, 6) is -0.0904. The van der Waals surface area contributed by atoms with Crippen LogP contribution in [0.4, 0.5) is 5.69 Å². The second-order valence-electron chi connectivity index (χ2n) is 7.28. The summed E-state index contributed by atoms with van der Waals surface area (Å²) >= 11 is 0. The third-order valence-corrected chi connectivity index (χ3v) is 4.73. The number of rotatable bonds is 7. The van der Waals surface area contributed by atoms with Crippen LogP contribution in [-0.2, 0) is 4.79 Å². The molecule has 0 fully saturated rings. The van der Waals surface area contributed by atoms with Gasteiger partial charge in [0.1, 0.15) is 11.5 Å². The quantitative estimate of drug-likeness (QED) is 0.481. The van der Waals surface area contributed by atoms with Crippen LogP contribution in [0.3, 0.4) is 0 Å². The van der Waals surface area contributed by atoms with Crippen molar-refractivity contribution in [2.24, 2.45) is 0 Å². The van der Waals surface area contributed by atoms with Crippen molar-refractivity contribution in [3.05, 3.63) is 89.5 Å². The molecule has 33 heavy (non-hydrogen) atoms. The highest BCUT2D eigenvalue weighted by Crippen LogP contribution is 2.18. The molecule has 0 aromatic heterocycles. The molecule has 0 aliphatic carbocycles. The zero-order valence-corrected chi connectivity index (χ0v) is 18.5. The van der Waals surface area contributed by atoms with Crippen LogP contribution in [-0.4, -0.2) is 30.9 Å². The summed E-state index contributed by atoms with van der Waals surface area (Å²) in [5, 5.41) is 2.78. The molecule has 3 amide bonds. The van der Waals surface area contributed by atoms with Crippen molar-refractivity contribution in [1.82, 2.24) is 10.9 Å². The monoisotopic (exact) mass is 447 g/mol. The number of benzene rings is 3. The molecule has 3 aromatic carbocycles. The standard InChI is InChI=1S/C25H25N3O5/c1-16-5-4-6-19(15-16)24(30)26-20-9-7-18(8-10-20)25(31)28-27-23(29)17(2)33-22-13-11-21(32-3)12-14-22/h4-15,17H,1-3H3,(H,26,30)(H,27,29)(H,28,31). The maximum absolute atomic E-state index is 12.3. The molecule has 8 nitrogen and oxygen atoms in total. The Kier molecular flexibility index (Phi) is 7.64. The third-order valence-electron chi connectivity index (χ3n) is 4.73. The van der Waals surface area contributed by atoms with Gasteiger partial charge in [-0.25, -0.2) is 0 Å². The van der Waals surface area contributed by atoms with Gasteiger partial charge in [0, 0.05) is 16.8 Å². The summed E-state index contributed by atoms with van der Waals surface area (Å²) < 4.78 is 10.6. The number of aryl methyl sites for hydroxylation is 1. The Hall–Kier alpha value is -4.33. The Bertz CT molecular complexity index is 1130. The van der Waals surface area contributed by atoms with Gasteiger partial charge in [0.25, 0.3) is 17.7 Å². The summed E-state index contributed by atoms with van der Waals surface area (Å²) in [4.78, 5) is 36.9. The molecule has 3 aromatic rings. The number of methoxy groups -OCH3 is 1. The van der Waals surface area contributed by atoms with Crippen molar-refractivity contribution < 1.29 is 23.9 Å². The van der Waals surface area contributed by atoms with Crippen LogP contribution in [0.25, 0.3) is 0 Å². The maximum atomic E-state index is 12.3. The summed E-state index contributed by atoms with van der Waals surface area (Å²) in [6.45, 7) is 3.48. The molecule has 0 saturated heterocycles. The van der Waals surface area contributed by atoms with Crippen molar-refractivity contribution in [3.8, 4) is 11.5 Å². The van der Waals surface area contributed by atoms with E-state index in [2.05, 4.69) is 16.2 Å². The van der Waals surface area contributed by atoms with Crippen LogP contribution in [0.15, 0.2) is 72.8 Å². The van der Waals surface area contributed by atoms with Crippen molar-refractivity contribution >= 4 is 23.4 Å². The lowest BCUT2D eigenvalue weighted by Crippen LogP contribution is -2.47. The van der Waals surface area contributed by atoms with Gasteiger partial charge in [-0.1, -0.05) is 17.7 Å². The topological polar surface area (TPSA) is 106 Å². The number of hydrogen-bond donors (Lipinski definition) is 3. The Balaban J connectivity index is 1.49. The van der Waals surface area contributed by atoms with Crippen molar-refractivity contribution in [2.45, 2.75) is 20.0 Å².